The van der Waals surface area contributed by atoms with E-state index in [1.165, 1.54) is 43.1 Å². The van der Waals surface area contributed by atoms with Crippen LogP contribution in [0.15, 0.2) is 66.7 Å². The second kappa shape index (κ2) is 10.9. The van der Waals surface area contributed by atoms with Gasteiger partial charge in [-0.25, -0.2) is 4.39 Å². The maximum absolute atomic E-state index is 13.4. The Balaban J connectivity index is 1.31. The summed E-state index contributed by atoms with van der Waals surface area (Å²) in [5, 5.41) is 32.6. The number of rotatable bonds is 9. The van der Waals surface area contributed by atoms with Crippen LogP contribution in [-0.2, 0) is 5.41 Å². The zero-order valence-electron chi connectivity index (χ0n) is 21.0. The smallest absolute Gasteiger partial charge is 0.164 e. The first-order valence-corrected chi connectivity index (χ1v) is 13.2. The third-order valence-corrected chi connectivity index (χ3v) is 8.02. The third-order valence-electron chi connectivity index (χ3n) is 8.02. The highest BCUT2D eigenvalue weighted by Gasteiger charge is 2.37. The maximum atomic E-state index is 13.4. The molecule has 1 aliphatic heterocycles. The number of anilines is 1. The molecule has 3 N–H and O–H groups in total. The summed E-state index contributed by atoms with van der Waals surface area (Å²) in [5.41, 5.74) is 4.49. The van der Waals surface area contributed by atoms with Gasteiger partial charge in [0.2, 0.25) is 0 Å². The Bertz CT molecular complexity index is 1260. The molecule has 5 rings (SSSR count). The average molecular weight is 500 g/mol. The summed E-state index contributed by atoms with van der Waals surface area (Å²) < 4.78 is 13.4. The van der Waals surface area contributed by atoms with Gasteiger partial charge in [-0.05, 0) is 104 Å². The number of hydrogen-bond acceptors (Lipinski definition) is 5. The van der Waals surface area contributed by atoms with Crippen molar-refractivity contribution < 1.29 is 14.6 Å². The fraction of sp³-hybridized carbons (Fsp3) is 0.387. The molecule has 2 fully saturated rings. The van der Waals surface area contributed by atoms with Crippen LogP contribution < -0.4 is 5.32 Å². The zero-order valence-corrected chi connectivity index (χ0v) is 21.0. The van der Waals surface area contributed by atoms with Crippen LogP contribution in [0.3, 0.4) is 0 Å². The summed E-state index contributed by atoms with van der Waals surface area (Å²) in [4.78, 5) is 2.59. The van der Waals surface area contributed by atoms with Crippen molar-refractivity contribution in [1.82, 2.24) is 4.90 Å². The summed E-state index contributed by atoms with van der Waals surface area (Å²) in [6.07, 6.45) is 5.32. The van der Waals surface area contributed by atoms with Crippen LogP contribution in [0, 0.1) is 23.1 Å². The van der Waals surface area contributed by atoms with E-state index in [1.54, 1.807) is 0 Å². The number of aliphatic hydroxyl groups is 1. The van der Waals surface area contributed by atoms with E-state index in [2.05, 4.69) is 40.6 Å². The Kier molecular flexibility index (Phi) is 7.45. The quantitative estimate of drug-likeness (QED) is 0.314. The number of nitrogens with one attached hydrogen (secondary N) is 1. The molecule has 1 saturated carbocycles. The Morgan fingerprint density at radius 2 is 1.78 bits per heavy atom. The van der Waals surface area contributed by atoms with Crippen molar-refractivity contribution in [3.8, 4) is 22.9 Å². The minimum Gasteiger partial charge on any atom is -0.505 e. The van der Waals surface area contributed by atoms with Crippen LogP contribution >= 0.6 is 0 Å². The Morgan fingerprint density at radius 3 is 2.46 bits per heavy atom. The second-order valence-electron chi connectivity index (χ2n) is 10.7. The molecule has 192 valence electrons. The van der Waals surface area contributed by atoms with Crippen molar-refractivity contribution >= 4 is 5.69 Å². The highest BCUT2D eigenvalue weighted by molar-refractivity contribution is 5.65. The lowest BCUT2D eigenvalue weighted by Crippen LogP contribution is -2.44. The van der Waals surface area contributed by atoms with Crippen LogP contribution in [0.25, 0.3) is 11.1 Å². The number of hydrogen-bond donors (Lipinski definition) is 3. The number of benzene rings is 3. The number of phenols is 1. The number of likely N-dealkylation sites (tertiary alicyclic amines) is 1. The van der Waals surface area contributed by atoms with Crippen molar-refractivity contribution in [1.29, 1.82) is 5.26 Å². The van der Waals surface area contributed by atoms with Gasteiger partial charge in [0.05, 0.1) is 11.6 Å². The summed E-state index contributed by atoms with van der Waals surface area (Å²) in [6, 6.07) is 22.6. The molecule has 3 aromatic carbocycles. The largest absolute Gasteiger partial charge is 0.505 e. The van der Waals surface area contributed by atoms with Crippen LogP contribution in [0.2, 0.25) is 0 Å². The van der Waals surface area contributed by atoms with Gasteiger partial charge in [0.15, 0.2) is 11.6 Å². The van der Waals surface area contributed by atoms with Crippen LogP contribution in [0.4, 0.5) is 10.1 Å². The molecule has 0 spiro atoms. The molecular weight excluding hydrogens is 465 g/mol. The molecule has 1 heterocycles. The van der Waals surface area contributed by atoms with E-state index >= 15 is 0 Å². The summed E-state index contributed by atoms with van der Waals surface area (Å²) in [7, 11) is 0. The molecular formula is C31H34FN3O2. The molecule has 1 aliphatic carbocycles. The fourth-order valence-electron chi connectivity index (χ4n) is 5.58. The van der Waals surface area contributed by atoms with E-state index in [4.69, 9.17) is 0 Å². The number of phenolic OH excluding ortho intramolecular Hbond substituents is 1. The van der Waals surface area contributed by atoms with E-state index in [1.807, 2.05) is 24.3 Å². The highest BCUT2D eigenvalue weighted by Crippen LogP contribution is 2.42. The van der Waals surface area contributed by atoms with Gasteiger partial charge < -0.3 is 20.4 Å². The van der Waals surface area contributed by atoms with Gasteiger partial charge in [-0.2, -0.15) is 5.26 Å². The van der Waals surface area contributed by atoms with Gasteiger partial charge in [0.25, 0.3) is 0 Å². The van der Waals surface area contributed by atoms with Gasteiger partial charge in [0, 0.05) is 18.3 Å². The normalized spacial score (nSPS) is 18.2. The highest BCUT2D eigenvalue weighted by atomic mass is 19.1. The molecule has 0 amide bonds. The van der Waals surface area contributed by atoms with Crippen molar-refractivity contribution in [2.24, 2.45) is 5.92 Å². The number of halogens is 1. The molecule has 0 radical (unpaired) electrons. The lowest BCUT2D eigenvalue weighted by Gasteiger charge is -2.43. The first kappa shape index (κ1) is 25.3. The molecule has 1 saturated heterocycles. The summed E-state index contributed by atoms with van der Waals surface area (Å²) in [5.74, 6) is -0.244. The third kappa shape index (κ3) is 6.12. The number of nitriles is 1. The van der Waals surface area contributed by atoms with Gasteiger partial charge in [-0.1, -0.05) is 36.4 Å². The van der Waals surface area contributed by atoms with Crippen molar-refractivity contribution in [2.75, 3.05) is 25.0 Å². The Hall–Kier alpha value is -3.40. The predicted molar refractivity (Wildman–Crippen MR) is 144 cm³/mol. The van der Waals surface area contributed by atoms with Crippen molar-refractivity contribution in [3.63, 3.8) is 0 Å². The minimum absolute atomic E-state index is 0.0410. The molecule has 3 aromatic rings. The zero-order chi connectivity index (χ0) is 25.8. The molecule has 37 heavy (non-hydrogen) atoms. The maximum Gasteiger partial charge on any atom is 0.164 e. The SMILES string of the molecule is N#Cc1cccc(-c2ccc(C3(CCC(O)Nc4ccc(F)c(O)c4)CCN(CC4CC4)CC3)cc2)c1. The van der Waals surface area contributed by atoms with E-state index in [0.717, 1.165) is 49.4 Å². The molecule has 2 aliphatic rings. The predicted octanol–water partition coefficient (Wildman–Crippen LogP) is 6.02. The van der Waals surface area contributed by atoms with Gasteiger partial charge in [-0.15, -0.1) is 0 Å². The number of aromatic hydroxyl groups is 1. The lowest BCUT2D eigenvalue weighted by atomic mass is 9.69. The van der Waals surface area contributed by atoms with Crippen LogP contribution in [-0.4, -0.2) is 41.0 Å². The van der Waals surface area contributed by atoms with Gasteiger partial charge >= 0.3 is 0 Å². The Labute approximate surface area is 218 Å². The number of nitrogens with zero attached hydrogens (tertiary/aromatic N) is 2. The lowest BCUT2D eigenvalue weighted by molar-refractivity contribution is 0.123. The first-order valence-electron chi connectivity index (χ1n) is 13.2. The van der Waals surface area contributed by atoms with Gasteiger partial charge in [-0.3, -0.25) is 0 Å². The summed E-state index contributed by atoms with van der Waals surface area (Å²) >= 11 is 0. The van der Waals surface area contributed by atoms with Crippen molar-refractivity contribution in [2.45, 2.75) is 50.2 Å². The molecule has 1 unspecified atom stereocenters. The second-order valence-corrected chi connectivity index (χ2v) is 10.7. The van der Waals surface area contributed by atoms with E-state index in [9.17, 15) is 19.9 Å². The van der Waals surface area contributed by atoms with Gasteiger partial charge in [0.1, 0.15) is 6.23 Å². The molecule has 0 aromatic heterocycles. The monoisotopic (exact) mass is 499 g/mol. The van der Waals surface area contributed by atoms with E-state index < -0.39 is 17.8 Å². The van der Waals surface area contributed by atoms with Crippen molar-refractivity contribution in [3.05, 3.63) is 83.7 Å². The van der Waals surface area contributed by atoms with Crippen LogP contribution in [0.1, 0.15) is 49.7 Å². The van der Waals surface area contributed by atoms with E-state index in [-0.39, 0.29) is 5.41 Å². The summed E-state index contributed by atoms with van der Waals surface area (Å²) in [6.45, 7) is 3.30. The molecule has 6 heteroatoms. The first-order chi connectivity index (χ1) is 17.9. The minimum atomic E-state index is -0.806. The number of aliphatic hydroxyl groups excluding tert-OH is 1. The van der Waals surface area contributed by atoms with Crippen LogP contribution in [0.5, 0.6) is 5.75 Å². The fourth-order valence-corrected chi connectivity index (χ4v) is 5.58. The molecule has 5 nitrogen and oxygen atoms in total. The molecule has 1 atom stereocenters. The molecule has 0 bridgehead atoms. The average Bonchev–Trinajstić information content (AvgIpc) is 3.75. The Morgan fingerprint density at radius 1 is 1.03 bits per heavy atom. The standard InChI is InChI=1S/C31H34FN3O2/c32-28-11-10-27(19-29(28)36)34-30(37)12-13-31(14-16-35(17-15-31)21-22-4-5-22)26-8-6-24(7-9-26)25-3-1-2-23(18-25)20-33/h1-3,6-11,18-19,22,30,34,36-37H,4-5,12-17,21H2. The number of piperidine rings is 1. The topological polar surface area (TPSA) is 79.5 Å². The van der Waals surface area contributed by atoms with E-state index in [0.29, 0.717) is 17.7 Å².